The smallest absolute Gasteiger partial charge is 0.0769 e. The molecule has 0 N–H and O–H groups in total. The normalized spacial score (nSPS) is 12.6. The van der Waals surface area contributed by atoms with E-state index in [1.807, 2.05) is 16.9 Å². The Bertz CT molecular complexity index is 470. The summed E-state index contributed by atoms with van der Waals surface area (Å²) in [5, 5.41) is 4.44. The number of hydrogen-bond donors (Lipinski definition) is 0. The van der Waals surface area contributed by atoms with Crippen LogP contribution in [0.3, 0.4) is 0 Å². The average Bonchev–Trinajstić information content (AvgIpc) is 2.82. The highest BCUT2D eigenvalue weighted by Gasteiger charge is 2.14. The van der Waals surface area contributed by atoms with E-state index in [9.17, 15) is 0 Å². The van der Waals surface area contributed by atoms with Gasteiger partial charge in [0, 0.05) is 19.9 Å². The molecule has 0 fully saturated rings. The van der Waals surface area contributed by atoms with Gasteiger partial charge < -0.3 is 4.74 Å². The molecular weight excluding hydrogens is 339 g/mol. The van der Waals surface area contributed by atoms with Crippen molar-refractivity contribution in [2.45, 2.75) is 18.9 Å². The zero-order valence-electron chi connectivity index (χ0n) is 10.4. The van der Waals surface area contributed by atoms with Crippen LogP contribution in [0.15, 0.2) is 42.7 Å². The topological polar surface area (TPSA) is 27.1 Å². The molecule has 3 nitrogen and oxygen atoms in total. The lowest BCUT2D eigenvalue weighted by Crippen LogP contribution is -2.12. The molecule has 1 unspecified atom stereocenters. The Hall–Kier alpha value is -0.880. The van der Waals surface area contributed by atoms with Gasteiger partial charge in [-0.05, 0) is 41.0 Å². The van der Waals surface area contributed by atoms with E-state index in [1.54, 1.807) is 7.11 Å². The van der Waals surface area contributed by atoms with Gasteiger partial charge in [0.25, 0.3) is 0 Å². The summed E-state index contributed by atoms with van der Waals surface area (Å²) in [4.78, 5) is 0. The van der Waals surface area contributed by atoms with Crippen LogP contribution < -0.4 is 0 Å². The molecule has 2 aromatic rings. The van der Waals surface area contributed by atoms with Gasteiger partial charge in [0.05, 0.1) is 15.8 Å². The summed E-state index contributed by atoms with van der Waals surface area (Å²) < 4.78 is 8.35. The molecule has 0 aliphatic rings. The molecule has 4 heteroatoms. The largest absolute Gasteiger partial charge is 0.385 e. The molecule has 0 radical (unpaired) electrons. The van der Waals surface area contributed by atoms with Crippen molar-refractivity contribution in [3.8, 4) is 0 Å². The highest BCUT2D eigenvalue weighted by molar-refractivity contribution is 14.1. The zero-order valence-corrected chi connectivity index (χ0v) is 12.6. The third-order valence-corrected chi connectivity index (χ3v) is 3.46. The molecule has 0 amide bonds. The Balaban J connectivity index is 2.18. The van der Waals surface area contributed by atoms with Gasteiger partial charge >= 0.3 is 0 Å². The molecule has 1 heterocycles. The van der Waals surface area contributed by atoms with Crippen molar-refractivity contribution in [3.63, 3.8) is 0 Å². The molecule has 0 saturated carbocycles. The van der Waals surface area contributed by atoms with Crippen molar-refractivity contribution in [1.29, 1.82) is 0 Å². The molecule has 0 aliphatic carbocycles. The van der Waals surface area contributed by atoms with E-state index in [1.165, 1.54) is 9.13 Å². The zero-order chi connectivity index (χ0) is 12.8. The predicted molar refractivity (Wildman–Crippen MR) is 80.6 cm³/mol. The summed E-state index contributed by atoms with van der Waals surface area (Å²) in [5.41, 5.74) is 1.30. The summed E-state index contributed by atoms with van der Waals surface area (Å²) in [7, 11) is 1.74. The first-order valence-electron chi connectivity index (χ1n) is 6.05. The van der Waals surface area contributed by atoms with E-state index in [0.717, 1.165) is 19.4 Å². The van der Waals surface area contributed by atoms with Gasteiger partial charge in [-0.1, -0.05) is 30.3 Å². The number of nitrogens with zero attached hydrogens (tertiary/aromatic N) is 2. The summed E-state index contributed by atoms with van der Waals surface area (Å²) in [6.45, 7) is 0.793. The van der Waals surface area contributed by atoms with Crippen LogP contribution in [0.25, 0.3) is 0 Å². The van der Waals surface area contributed by atoms with E-state index < -0.39 is 0 Å². The van der Waals surface area contributed by atoms with Gasteiger partial charge in [-0.3, -0.25) is 4.68 Å². The van der Waals surface area contributed by atoms with Crippen LogP contribution in [0.1, 0.15) is 24.4 Å². The van der Waals surface area contributed by atoms with Gasteiger partial charge in [-0.15, -0.1) is 0 Å². The van der Waals surface area contributed by atoms with E-state index in [-0.39, 0.29) is 0 Å². The number of methoxy groups -OCH3 is 1. The molecule has 1 aromatic carbocycles. The molecular formula is C14H17IN2O. The number of halogens is 1. The highest BCUT2D eigenvalue weighted by Crippen LogP contribution is 2.23. The minimum absolute atomic E-state index is 0.296. The maximum atomic E-state index is 5.14. The third kappa shape index (κ3) is 3.55. The van der Waals surface area contributed by atoms with Crippen LogP contribution in [0.4, 0.5) is 0 Å². The lowest BCUT2D eigenvalue weighted by molar-refractivity contribution is 0.188. The first-order valence-corrected chi connectivity index (χ1v) is 7.12. The quantitative estimate of drug-likeness (QED) is 0.585. The summed E-state index contributed by atoms with van der Waals surface area (Å²) in [6.07, 6.45) is 6.06. The summed E-state index contributed by atoms with van der Waals surface area (Å²) in [6, 6.07) is 10.8. The minimum Gasteiger partial charge on any atom is -0.385 e. The Morgan fingerprint density at radius 1 is 1.33 bits per heavy atom. The molecule has 0 bridgehead atoms. The fourth-order valence-electron chi connectivity index (χ4n) is 2.03. The second-order valence-corrected chi connectivity index (χ2v) is 5.45. The maximum Gasteiger partial charge on any atom is 0.0769 e. The van der Waals surface area contributed by atoms with E-state index in [2.05, 4.69) is 58.2 Å². The fraction of sp³-hybridized carbons (Fsp3) is 0.357. The first kappa shape index (κ1) is 13.5. The fourth-order valence-corrected chi connectivity index (χ4v) is 2.44. The van der Waals surface area contributed by atoms with Gasteiger partial charge in [-0.2, -0.15) is 5.10 Å². The van der Waals surface area contributed by atoms with Crippen molar-refractivity contribution in [2.24, 2.45) is 0 Å². The van der Waals surface area contributed by atoms with E-state index in [0.29, 0.717) is 6.04 Å². The SMILES string of the molecule is COCCCC(c1ccccc1)n1cc(I)cn1. The highest BCUT2D eigenvalue weighted by atomic mass is 127. The van der Waals surface area contributed by atoms with Crippen LogP contribution in [-0.2, 0) is 4.74 Å². The monoisotopic (exact) mass is 356 g/mol. The lowest BCUT2D eigenvalue weighted by Gasteiger charge is -2.18. The standard InChI is InChI=1S/C14H17IN2O/c1-18-9-5-8-14(12-6-3-2-4-7-12)17-11-13(15)10-16-17/h2-4,6-7,10-11,14H,5,8-9H2,1H3. The van der Waals surface area contributed by atoms with E-state index in [4.69, 9.17) is 4.74 Å². The molecule has 1 aromatic heterocycles. The Kier molecular flexibility index (Phi) is 5.19. The van der Waals surface area contributed by atoms with Crippen molar-refractivity contribution in [2.75, 3.05) is 13.7 Å². The molecule has 0 spiro atoms. The van der Waals surface area contributed by atoms with Crippen molar-refractivity contribution in [1.82, 2.24) is 9.78 Å². The van der Waals surface area contributed by atoms with Crippen molar-refractivity contribution >= 4 is 22.6 Å². The van der Waals surface area contributed by atoms with Crippen molar-refractivity contribution < 1.29 is 4.74 Å². The van der Waals surface area contributed by atoms with Gasteiger partial charge in [-0.25, -0.2) is 0 Å². The number of benzene rings is 1. The van der Waals surface area contributed by atoms with Gasteiger partial charge in [0.1, 0.15) is 0 Å². The molecule has 1 atom stereocenters. The molecule has 96 valence electrons. The Morgan fingerprint density at radius 3 is 2.72 bits per heavy atom. The van der Waals surface area contributed by atoms with Crippen LogP contribution >= 0.6 is 22.6 Å². The molecule has 0 saturated heterocycles. The summed E-state index contributed by atoms with van der Waals surface area (Å²) in [5.74, 6) is 0. The molecule has 0 aliphatic heterocycles. The minimum atomic E-state index is 0.296. The van der Waals surface area contributed by atoms with Crippen LogP contribution in [-0.4, -0.2) is 23.5 Å². The number of ether oxygens (including phenoxy) is 1. The Labute approximate surface area is 121 Å². The average molecular weight is 356 g/mol. The van der Waals surface area contributed by atoms with Crippen LogP contribution in [0.5, 0.6) is 0 Å². The van der Waals surface area contributed by atoms with Gasteiger partial charge in [0.2, 0.25) is 0 Å². The Morgan fingerprint density at radius 2 is 2.11 bits per heavy atom. The van der Waals surface area contributed by atoms with Crippen LogP contribution in [0.2, 0.25) is 0 Å². The number of hydrogen-bond acceptors (Lipinski definition) is 2. The number of aromatic nitrogens is 2. The van der Waals surface area contributed by atoms with Crippen LogP contribution in [0, 0.1) is 3.57 Å². The second kappa shape index (κ2) is 6.89. The molecule has 18 heavy (non-hydrogen) atoms. The first-order chi connectivity index (χ1) is 8.81. The van der Waals surface area contributed by atoms with Gasteiger partial charge in [0.15, 0.2) is 0 Å². The third-order valence-electron chi connectivity index (χ3n) is 2.90. The summed E-state index contributed by atoms with van der Waals surface area (Å²) >= 11 is 2.29. The lowest BCUT2D eigenvalue weighted by atomic mass is 10.0. The molecule has 2 rings (SSSR count). The second-order valence-electron chi connectivity index (χ2n) is 4.20. The van der Waals surface area contributed by atoms with E-state index >= 15 is 0 Å². The maximum absolute atomic E-state index is 5.14. The number of rotatable bonds is 6. The predicted octanol–water partition coefficient (Wildman–Crippen LogP) is 3.50. The van der Waals surface area contributed by atoms with Crippen molar-refractivity contribution in [3.05, 3.63) is 51.9 Å².